The summed E-state index contributed by atoms with van der Waals surface area (Å²) in [5, 5.41) is 8.93. The van der Waals surface area contributed by atoms with Crippen LogP contribution in [0.1, 0.15) is 15.9 Å². The zero-order valence-corrected chi connectivity index (χ0v) is 22.4. The first kappa shape index (κ1) is 26.8. The fourth-order valence-electron chi connectivity index (χ4n) is 4.66. The molecule has 4 N–H and O–H groups in total. The topological polar surface area (TPSA) is 128 Å². The van der Waals surface area contributed by atoms with E-state index < -0.39 is 17.5 Å². The van der Waals surface area contributed by atoms with E-state index in [1.165, 1.54) is 14.2 Å². The summed E-state index contributed by atoms with van der Waals surface area (Å²) < 4.78 is 34.3. The molecule has 3 heterocycles. The number of hydrogen-bond acceptors (Lipinski definition) is 8. The summed E-state index contributed by atoms with van der Waals surface area (Å²) in [5.74, 6) is -1.76. The number of ether oxygens (including phenoxy) is 1. The number of rotatable bonds is 8. The molecule has 1 aliphatic heterocycles. The maximum atomic E-state index is 14.6. The molecule has 0 unspecified atom stereocenters. The molecule has 0 atom stereocenters. The van der Waals surface area contributed by atoms with E-state index in [2.05, 4.69) is 30.9 Å². The van der Waals surface area contributed by atoms with Crippen molar-refractivity contribution in [1.29, 1.82) is 0 Å². The highest BCUT2D eigenvalue weighted by molar-refractivity contribution is 6.02. The second kappa shape index (κ2) is 10.8. The quantitative estimate of drug-likeness (QED) is 0.262. The van der Waals surface area contributed by atoms with Gasteiger partial charge in [0.25, 0.3) is 5.91 Å². The predicted molar refractivity (Wildman–Crippen MR) is 148 cm³/mol. The fourth-order valence-corrected chi connectivity index (χ4v) is 4.66. The Bertz CT molecular complexity index is 1620. The van der Waals surface area contributed by atoms with Crippen LogP contribution < -0.4 is 25.6 Å². The summed E-state index contributed by atoms with van der Waals surface area (Å²) >= 11 is 0. The van der Waals surface area contributed by atoms with Crippen molar-refractivity contribution in [2.24, 2.45) is 0 Å². The van der Waals surface area contributed by atoms with Crippen LogP contribution in [-0.4, -0.2) is 73.0 Å². The van der Waals surface area contributed by atoms with Crippen molar-refractivity contribution < 1.29 is 23.1 Å². The van der Waals surface area contributed by atoms with Crippen molar-refractivity contribution in [3.63, 3.8) is 0 Å². The van der Waals surface area contributed by atoms with E-state index in [0.29, 0.717) is 41.5 Å². The summed E-state index contributed by atoms with van der Waals surface area (Å²) in [7, 11) is 6.57. The van der Waals surface area contributed by atoms with Crippen LogP contribution in [0.25, 0.3) is 11.0 Å². The van der Waals surface area contributed by atoms with Crippen molar-refractivity contribution >= 4 is 51.7 Å². The van der Waals surface area contributed by atoms with Crippen LogP contribution in [0.3, 0.4) is 0 Å². The lowest BCUT2D eigenvalue weighted by Crippen LogP contribution is -2.36. The van der Waals surface area contributed by atoms with Crippen molar-refractivity contribution in [2.45, 2.75) is 6.42 Å². The maximum Gasteiger partial charge on any atom is 0.256 e. The van der Waals surface area contributed by atoms with Crippen molar-refractivity contribution in [2.75, 3.05) is 56.9 Å². The molecule has 40 heavy (non-hydrogen) atoms. The Morgan fingerprint density at radius 1 is 1.12 bits per heavy atom. The normalized spacial score (nSPS) is 12.5. The third-order valence-corrected chi connectivity index (χ3v) is 6.47. The minimum absolute atomic E-state index is 0.0235. The van der Waals surface area contributed by atoms with Crippen LogP contribution in [0.15, 0.2) is 36.5 Å². The molecule has 5 rings (SSSR count). The molecular formula is C27H28F2N8O3. The average Bonchev–Trinajstić information content (AvgIpc) is 3.54. The Balaban J connectivity index is 1.53. The monoisotopic (exact) mass is 550 g/mol. The highest BCUT2D eigenvalue weighted by Crippen LogP contribution is 2.39. The molecule has 2 aromatic carbocycles. The van der Waals surface area contributed by atoms with Crippen molar-refractivity contribution in [1.82, 2.24) is 25.2 Å². The summed E-state index contributed by atoms with van der Waals surface area (Å²) in [5.41, 5.74) is 2.23. The van der Waals surface area contributed by atoms with Crippen LogP contribution in [-0.2, 0) is 11.2 Å². The first-order chi connectivity index (χ1) is 19.2. The number of hydrogen-bond donors (Lipinski definition) is 4. The van der Waals surface area contributed by atoms with Gasteiger partial charge < -0.3 is 35.5 Å². The molecule has 2 amide bonds. The third-order valence-electron chi connectivity index (χ3n) is 6.47. The van der Waals surface area contributed by atoms with Crippen LogP contribution in [0.4, 0.5) is 37.6 Å². The molecule has 1 aliphatic rings. The number of methoxy groups -OCH3 is 1. The minimum atomic E-state index is -1.02. The second-order valence-corrected chi connectivity index (χ2v) is 9.49. The standard InChI is InChI=1S/C27H28F2N8O3/c1-30-26(39)23-17(29)10-15(28)11-19(23)32-25-16-5-7-31-24(16)34-27(35-25)33-18-12-20-14(9-21(18)40-4)6-8-37(20)22(38)13-36(2)3/h5,7,9-12H,6,8,13H2,1-4H3,(H,30,39)(H3,31,32,33,34,35). The first-order valence-corrected chi connectivity index (χ1v) is 12.4. The number of nitrogens with zero attached hydrogens (tertiary/aromatic N) is 4. The van der Waals surface area contributed by atoms with Crippen LogP contribution in [0.5, 0.6) is 5.75 Å². The Morgan fingerprint density at radius 2 is 1.93 bits per heavy atom. The zero-order valence-electron chi connectivity index (χ0n) is 22.4. The first-order valence-electron chi connectivity index (χ1n) is 12.4. The lowest BCUT2D eigenvalue weighted by atomic mass is 10.1. The number of anilines is 5. The van der Waals surface area contributed by atoms with Gasteiger partial charge in [-0.3, -0.25) is 9.59 Å². The van der Waals surface area contributed by atoms with Gasteiger partial charge >= 0.3 is 0 Å². The smallest absolute Gasteiger partial charge is 0.256 e. The number of benzene rings is 2. The molecule has 4 aromatic rings. The van der Waals surface area contributed by atoms with Gasteiger partial charge in [-0.25, -0.2) is 8.78 Å². The van der Waals surface area contributed by atoms with Crippen LogP contribution >= 0.6 is 0 Å². The van der Waals surface area contributed by atoms with E-state index in [1.807, 2.05) is 31.1 Å². The maximum absolute atomic E-state index is 14.6. The number of halogens is 2. The number of aromatic nitrogens is 3. The summed E-state index contributed by atoms with van der Waals surface area (Å²) in [6.45, 7) is 0.833. The van der Waals surface area contributed by atoms with Gasteiger partial charge in [0, 0.05) is 31.5 Å². The number of fused-ring (bicyclic) bond motifs is 2. The summed E-state index contributed by atoms with van der Waals surface area (Å²) in [6, 6.07) is 7.04. The number of carbonyl (C=O) groups is 2. The van der Waals surface area contributed by atoms with Gasteiger partial charge in [-0.1, -0.05) is 0 Å². The highest BCUT2D eigenvalue weighted by atomic mass is 19.1. The van der Waals surface area contributed by atoms with Gasteiger partial charge in [0.2, 0.25) is 11.9 Å². The number of likely N-dealkylation sites (N-methyl/N-ethyl adjacent to an activating group) is 1. The molecule has 0 spiro atoms. The Morgan fingerprint density at radius 3 is 2.65 bits per heavy atom. The van der Waals surface area contributed by atoms with E-state index in [1.54, 1.807) is 17.2 Å². The molecular weight excluding hydrogens is 522 g/mol. The number of amides is 2. The molecule has 2 aromatic heterocycles. The minimum Gasteiger partial charge on any atom is -0.495 e. The van der Waals surface area contributed by atoms with Gasteiger partial charge in [-0.05, 0) is 50.3 Å². The number of H-pyrrole nitrogens is 1. The Hall–Kier alpha value is -4.78. The predicted octanol–water partition coefficient (Wildman–Crippen LogP) is 3.54. The van der Waals surface area contributed by atoms with Crippen LogP contribution in [0, 0.1) is 11.6 Å². The van der Waals surface area contributed by atoms with Gasteiger partial charge in [0.1, 0.15) is 28.8 Å². The number of carbonyl (C=O) groups excluding carboxylic acids is 2. The van der Waals surface area contributed by atoms with Gasteiger partial charge in [0.05, 0.1) is 36.0 Å². The van der Waals surface area contributed by atoms with E-state index in [-0.39, 0.29) is 35.5 Å². The second-order valence-electron chi connectivity index (χ2n) is 9.49. The lowest BCUT2D eigenvalue weighted by molar-refractivity contribution is -0.119. The van der Waals surface area contributed by atoms with E-state index in [4.69, 9.17) is 4.74 Å². The Labute approximate surface area is 228 Å². The molecule has 0 radical (unpaired) electrons. The zero-order chi connectivity index (χ0) is 28.6. The van der Waals surface area contributed by atoms with Crippen LogP contribution in [0.2, 0.25) is 0 Å². The van der Waals surface area contributed by atoms with Crippen molar-refractivity contribution in [3.05, 3.63) is 59.3 Å². The fraction of sp³-hybridized carbons (Fsp3) is 0.259. The SMILES string of the molecule is CNC(=O)c1c(F)cc(F)cc1Nc1nc(Nc2cc3c(cc2OC)CCN3C(=O)CN(C)C)nc2[nH]ccc12. The average molecular weight is 551 g/mol. The van der Waals surface area contributed by atoms with E-state index in [0.717, 1.165) is 17.3 Å². The molecule has 0 bridgehead atoms. The molecule has 0 saturated heterocycles. The van der Waals surface area contributed by atoms with Gasteiger partial charge in [-0.2, -0.15) is 9.97 Å². The number of nitrogens with one attached hydrogen (secondary N) is 4. The molecule has 208 valence electrons. The summed E-state index contributed by atoms with van der Waals surface area (Å²) in [4.78, 5) is 40.8. The largest absolute Gasteiger partial charge is 0.495 e. The highest BCUT2D eigenvalue weighted by Gasteiger charge is 2.27. The molecule has 11 nitrogen and oxygen atoms in total. The van der Waals surface area contributed by atoms with E-state index in [9.17, 15) is 18.4 Å². The van der Waals surface area contributed by atoms with E-state index >= 15 is 0 Å². The lowest BCUT2D eigenvalue weighted by Gasteiger charge is -2.21. The third kappa shape index (κ3) is 5.10. The van der Waals surface area contributed by atoms with Gasteiger partial charge in [-0.15, -0.1) is 0 Å². The molecule has 13 heteroatoms. The molecule has 0 fully saturated rings. The molecule has 0 saturated carbocycles. The van der Waals surface area contributed by atoms with Gasteiger partial charge in [0.15, 0.2) is 0 Å². The summed E-state index contributed by atoms with van der Waals surface area (Å²) in [6.07, 6.45) is 2.34. The Kier molecular flexibility index (Phi) is 7.22. The molecule has 0 aliphatic carbocycles. The van der Waals surface area contributed by atoms with Crippen molar-refractivity contribution in [3.8, 4) is 5.75 Å². The number of aromatic amines is 1.